The molecule has 1 saturated heterocycles. The van der Waals surface area contributed by atoms with Gasteiger partial charge < -0.3 is 45.1 Å². The van der Waals surface area contributed by atoms with Crippen molar-refractivity contribution >= 4 is 0 Å². The van der Waals surface area contributed by atoms with Crippen molar-refractivity contribution in [3.05, 3.63) is 0 Å². The van der Waals surface area contributed by atoms with E-state index in [9.17, 15) is 15.3 Å². The Balaban J connectivity index is 2.16. The number of aliphatic hydroxyl groups is 4. The number of rotatable bonds is 10. The second-order valence-electron chi connectivity index (χ2n) is 4.58. The van der Waals surface area contributed by atoms with Gasteiger partial charge in [0.25, 0.3) is 0 Å². The second kappa shape index (κ2) is 10.4. The molecule has 5 atom stereocenters. The van der Waals surface area contributed by atoms with Gasteiger partial charge >= 0.3 is 0 Å². The molecule has 0 bridgehead atoms. The first-order chi connectivity index (χ1) is 10.1. The lowest BCUT2D eigenvalue weighted by molar-refractivity contribution is -0.302. The molecule has 0 spiro atoms. The molecule has 0 aliphatic carbocycles. The van der Waals surface area contributed by atoms with Crippen molar-refractivity contribution in [1.29, 1.82) is 0 Å². The summed E-state index contributed by atoms with van der Waals surface area (Å²) in [7, 11) is 0. The van der Waals surface area contributed by atoms with E-state index in [1.807, 2.05) is 0 Å². The lowest BCUT2D eigenvalue weighted by atomic mass is 9.99. The Morgan fingerprint density at radius 2 is 1.48 bits per heavy atom. The minimum atomic E-state index is -1.44. The third-order valence-corrected chi connectivity index (χ3v) is 2.99. The van der Waals surface area contributed by atoms with E-state index in [1.54, 1.807) is 0 Å². The normalized spacial score (nSPS) is 33.3. The molecule has 1 rings (SSSR count). The molecule has 0 saturated carbocycles. The van der Waals surface area contributed by atoms with Crippen LogP contribution in [0.3, 0.4) is 0 Å². The molecular formula is C12H25NO8. The Kier molecular flexibility index (Phi) is 9.24. The highest BCUT2D eigenvalue weighted by Crippen LogP contribution is 2.21. The number of ether oxygens (including phenoxy) is 4. The summed E-state index contributed by atoms with van der Waals surface area (Å²) in [4.78, 5) is 0. The first-order valence-electron chi connectivity index (χ1n) is 6.89. The lowest BCUT2D eigenvalue weighted by Gasteiger charge is -2.39. The third-order valence-electron chi connectivity index (χ3n) is 2.99. The van der Waals surface area contributed by atoms with Crippen LogP contribution in [-0.2, 0) is 18.9 Å². The molecule has 9 heteroatoms. The van der Waals surface area contributed by atoms with Crippen LogP contribution in [0.15, 0.2) is 0 Å². The minimum absolute atomic E-state index is 0.125. The van der Waals surface area contributed by atoms with E-state index < -0.39 is 37.3 Å². The Bertz CT molecular complexity index is 268. The topological polar surface area (TPSA) is 144 Å². The van der Waals surface area contributed by atoms with Crippen molar-refractivity contribution in [1.82, 2.24) is 0 Å². The molecule has 0 aromatic rings. The minimum Gasteiger partial charge on any atom is -0.394 e. The number of hydrogen-bond donors (Lipinski definition) is 5. The van der Waals surface area contributed by atoms with Crippen molar-refractivity contribution in [2.75, 3.05) is 46.2 Å². The largest absolute Gasteiger partial charge is 0.394 e. The molecule has 0 amide bonds. The molecule has 0 aromatic heterocycles. The van der Waals surface area contributed by atoms with Gasteiger partial charge in [-0.2, -0.15) is 0 Å². The van der Waals surface area contributed by atoms with Gasteiger partial charge in [0.15, 0.2) is 6.29 Å². The number of nitrogens with two attached hydrogens (primary N) is 1. The van der Waals surface area contributed by atoms with Crippen molar-refractivity contribution in [2.24, 2.45) is 5.73 Å². The highest BCUT2D eigenvalue weighted by molar-refractivity contribution is 4.88. The quantitative estimate of drug-likeness (QED) is 0.263. The molecule has 6 N–H and O–H groups in total. The van der Waals surface area contributed by atoms with Crippen LogP contribution in [0, 0.1) is 0 Å². The highest BCUT2D eigenvalue weighted by Gasteiger charge is 2.43. The SMILES string of the molecule is NCCOCCOCCOC1O[C@H](CO)[C@@H](O)[C@H](O)[C@@H]1O. The van der Waals surface area contributed by atoms with E-state index in [4.69, 9.17) is 29.8 Å². The standard InChI is InChI=1S/C12H25NO8/c13-1-2-18-3-4-19-5-6-20-12-11(17)10(16)9(15)8(7-14)21-12/h8-12,14-17H,1-7,13H2/t8-,9-,10+,11+,12?/m1/s1. The maximum atomic E-state index is 9.71. The third kappa shape index (κ3) is 6.10. The van der Waals surface area contributed by atoms with Gasteiger partial charge in [0, 0.05) is 6.54 Å². The first kappa shape index (κ1) is 18.7. The average Bonchev–Trinajstić information content (AvgIpc) is 2.49. The summed E-state index contributed by atoms with van der Waals surface area (Å²) in [6.45, 7) is 1.64. The molecule has 1 unspecified atom stereocenters. The van der Waals surface area contributed by atoms with Gasteiger partial charge in [-0.1, -0.05) is 0 Å². The van der Waals surface area contributed by atoms with E-state index in [2.05, 4.69) is 0 Å². The lowest BCUT2D eigenvalue weighted by Crippen LogP contribution is -2.59. The Morgan fingerprint density at radius 3 is 2.10 bits per heavy atom. The fraction of sp³-hybridized carbons (Fsp3) is 1.00. The van der Waals surface area contributed by atoms with Gasteiger partial charge in [-0.05, 0) is 0 Å². The molecule has 0 radical (unpaired) electrons. The summed E-state index contributed by atoms with van der Waals surface area (Å²) >= 11 is 0. The fourth-order valence-corrected chi connectivity index (χ4v) is 1.83. The zero-order valence-corrected chi connectivity index (χ0v) is 11.8. The van der Waals surface area contributed by atoms with Gasteiger partial charge in [-0.3, -0.25) is 0 Å². The van der Waals surface area contributed by atoms with Gasteiger partial charge in [0.05, 0.1) is 39.6 Å². The van der Waals surface area contributed by atoms with Crippen LogP contribution in [0.4, 0.5) is 0 Å². The molecule has 1 fully saturated rings. The van der Waals surface area contributed by atoms with E-state index in [-0.39, 0.29) is 13.2 Å². The summed E-state index contributed by atoms with van der Waals surface area (Å²) in [5.41, 5.74) is 5.25. The molecule has 126 valence electrons. The predicted octanol–water partition coefficient (Wildman–Crippen LogP) is -3.21. The monoisotopic (exact) mass is 311 g/mol. The van der Waals surface area contributed by atoms with Crippen molar-refractivity contribution in [2.45, 2.75) is 30.7 Å². The van der Waals surface area contributed by atoms with E-state index in [0.717, 1.165) is 0 Å². The molecular weight excluding hydrogens is 286 g/mol. The van der Waals surface area contributed by atoms with Crippen LogP contribution in [0.1, 0.15) is 0 Å². The zero-order valence-electron chi connectivity index (χ0n) is 11.8. The Morgan fingerprint density at radius 1 is 0.857 bits per heavy atom. The number of hydrogen-bond acceptors (Lipinski definition) is 9. The number of aliphatic hydroxyl groups excluding tert-OH is 4. The maximum Gasteiger partial charge on any atom is 0.186 e. The summed E-state index contributed by atoms with van der Waals surface area (Å²) in [6, 6.07) is 0. The van der Waals surface area contributed by atoms with Gasteiger partial charge in [0.2, 0.25) is 0 Å². The second-order valence-corrected chi connectivity index (χ2v) is 4.58. The van der Waals surface area contributed by atoms with E-state index in [1.165, 1.54) is 0 Å². The Labute approximate surface area is 123 Å². The van der Waals surface area contributed by atoms with Crippen molar-refractivity contribution in [3.8, 4) is 0 Å². The van der Waals surface area contributed by atoms with Gasteiger partial charge in [0.1, 0.15) is 24.4 Å². The van der Waals surface area contributed by atoms with Crippen LogP contribution >= 0.6 is 0 Å². The van der Waals surface area contributed by atoms with Crippen LogP contribution in [0.5, 0.6) is 0 Å². The summed E-state index contributed by atoms with van der Waals surface area (Å²) in [5.74, 6) is 0. The van der Waals surface area contributed by atoms with E-state index >= 15 is 0 Å². The predicted molar refractivity (Wildman–Crippen MR) is 70.4 cm³/mol. The first-order valence-corrected chi connectivity index (χ1v) is 6.89. The summed E-state index contributed by atoms with van der Waals surface area (Å²) in [6.07, 6.45) is -6.32. The van der Waals surface area contributed by atoms with E-state index in [0.29, 0.717) is 26.4 Å². The van der Waals surface area contributed by atoms with Crippen molar-refractivity contribution < 1.29 is 39.4 Å². The molecule has 21 heavy (non-hydrogen) atoms. The van der Waals surface area contributed by atoms with Crippen LogP contribution in [0.2, 0.25) is 0 Å². The van der Waals surface area contributed by atoms with Crippen molar-refractivity contribution in [3.63, 3.8) is 0 Å². The molecule has 1 aliphatic heterocycles. The molecule has 1 aliphatic rings. The van der Waals surface area contributed by atoms with Crippen LogP contribution in [0.25, 0.3) is 0 Å². The summed E-state index contributed by atoms with van der Waals surface area (Å²) < 4.78 is 20.7. The van der Waals surface area contributed by atoms with Crippen LogP contribution < -0.4 is 5.73 Å². The smallest absolute Gasteiger partial charge is 0.186 e. The highest BCUT2D eigenvalue weighted by atomic mass is 16.7. The maximum absolute atomic E-state index is 9.71. The van der Waals surface area contributed by atoms with Gasteiger partial charge in [-0.15, -0.1) is 0 Å². The zero-order chi connectivity index (χ0) is 15.7. The molecule has 1 heterocycles. The average molecular weight is 311 g/mol. The Hall–Kier alpha value is -0.360. The fourth-order valence-electron chi connectivity index (χ4n) is 1.83. The molecule has 9 nitrogen and oxygen atoms in total. The van der Waals surface area contributed by atoms with Crippen LogP contribution in [-0.4, -0.2) is 97.3 Å². The van der Waals surface area contributed by atoms with Gasteiger partial charge in [-0.25, -0.2) is 0 Å². The molecule has 0 aromatic carbocycles. The summed E-state index contributed by atoms with van der Waals surface area (Å²) in [5, 5.41) is 37.9.